The molecular weight excluding hydrogens is 335 g/mol. The molecule has 2 heterocycles. The van der Waals surface area contributed by atoms with Crippen LogP contribution in [0.15, 0.2) is 35.1 Å². The number of benzene rings is 1. The van der Waals surface area contributed by atoms with Crippen LogP contribution in [0.1, 0.15) is 34.5 Å². The fraction of sp³-hybridized carbons (Fsp3) is 0.400. The highest BCUT2D eigenvalue weighted by molar-refractivity contribution is 5.95. The molecule has 1 N–H and O–H groups in total. The minimum Gasteiger partial charge on any atom is -0.493 e. The van der Waals surface area contributed by atoms with E-state index in [1.165, 1.54) is 12.1 Å². The molecule has 0 spiro atoms. The molecule has 1 aromatic heterocycles. The molecule has 1 amide bonds. The number of carbonyl (C=O) groups excluding carboxylic acids is 1. The number of aryl methyl sites for hydroxylation is 2. The van der Waals surface area contributed by atoms with Gasteiger partial charge in [-0.1, -0.05) is 0 Å². The van der Waals surface area contributed by atoms with Gasteiger partial charge in [-0.15, -0.1) is 0 Å². The van der Waals surface area contributed by atoms with Gasteiger partial charge in [-0.25, -0.2) is 4.39 Å². The van der Waals surface area contributed by atoms with Crippen molar-refractivity contribution in [1.82, 2.24) is 9.88 Å². The number of hydrogen-bond donors (Lipinski definition) is 1. The zero-order chi connectivity index (χ0) is 18.7. The van der Waals surface area contributed by atoms with E-state index in [0.29, 0.717) is 31.0 Å². The van der Waals surface area contributed by atoms with Crippen molar-refractivity contribution in [3.05, 3.63) is 63.3 Å². The summed E-state index contributed by atoms with van der Waals surface area (Å²) in [5.41, 5.74) is 1.32. The molecule has 1 aliphatic heterocycles. The summed E-state index contributed by atoms with van der Waals surface area (Å²) in [7, 11) is 0. The third-order valence-electron chi connectivity index (χ3n) is 4.68. The maximum atomic E-state index is 12.9. The second-order valence-electron chi connectivity index (χ2n) is 6.86. The summed E-state index contributed by atoms with van der Waals surface area (Å²) in [6.07, 6.45) is 1.82. The molecular formula is C20H23FN2O3. The van der Waals surface area contributed by atoms with Gasteiger partial charge in [0.2, 0.25) is 0 Å². The molecule has 26 heavy (non-hydrogen) atoms. The summed E-state index contributed by atoms with van der Waals surface area (Å²) in [5.74, 6) is 0.268. The quantitative estimate of drug-likeness (QED) is 0.914. The van der Waals surface area contributed by atoms with Crippen LogP contribution in [0.25, 0.3) is 0 Å². The van der Waals surface area contributed by atoms with E-state index in [1.54, 1.807) is 30.9 Å². The number of amides is 1. The molecule has 3 rings (SSSR count). The highest BCUT2D eigenvalue weighted by Crippen LogP contribution is 2.21. The van der Waals surface area contributed by atoms with Gasteiger partial charge < -0.3 is 14.6 Å². The SMILES string of the molecule is Cc1cc(C)c(C(=O)N2CCCC(COc3ccc(F)cc3)C2)c(=O)[nH]1. The number of likely N-dealkylation sites (tertiary alicyclic amines) is 1. The number of halogens is 1. The number of carbonyl (C=O) groups is 1. The Morgan fingerprint density at radius 1 is 1.31 bits per heavy atom. The van der Waals surface area contributed by atoms with Crippen molar-refractivity contribution >= 4 is 5.91 Å². The van der Waals surface area contributed by atoms with Gasteiger partial charge in [-0.05, 0) is 62.6 Å². The Hall–Kier alpha value is -2.63. The molecule has 0 bridgehead atoms. The lowest BCUT2D eigenvalue weighted by Crippen LogP contribution is -2.43. The molecule has 0 radical (unpaired) electrons. The van der Waals surface area contributed by atoms with Crippen LogP contribution >= 0.6 is 0 Å². The number of nitrogens with one attached hydrogen (secondary N) is 1. The van der Waals surface area contributed by atoms with E-state index in [4.69, 9.17) is 4.74 Å². The van der Waals surface area contributed by atoms with E-state index in [1.807, 2.05) is 6.07 Å². The van der Waals surface area contributed by atoms with Crippen LogP contribution in [0, 0.1) is 25.6 Å². The van der Waals surface area contributed by atoms with Crippen molar-refractivity contribution in [3.63, 3.8) is 0 Å². The summed E-state index contributed by atoms with van der Waals surface area (Å²) in [4.78, 5) is 29.5. The van der Waals surface area contributed by atoms with Gasteiger partial charge in [-0.2, -0.15) is 0 Å². The van der Waals surface area contributed by atoms with Gasteiger partial charge in [0.15, 0.2) is 0 Å². The second kappa shape index (κ2) is 7.72. The third-order valence-corrected chi connectivity index (χ3v) is 4.68. The van der Waals surface area contributed by atoms with Gasteiger partial charge in [0.1, 0.15) is 17.1 Å². The molecule has 1 unspecified atom stereocenters. The van der Waals surface area contributed by atoms with Crippen molar-refractivity contribution in [2.45, 2.75) is 26.7 Å². The molecule has 0 aliphatic carbocycles. The Morgan fingerprint density at radius 3 is 2.73 bits per heavy atom. The van der Waals surface area contributed by atoms with Crippen LogP contribution in [0.5, 0.6) is 5.75 Å². The number of rotatable bonds is 4. The van der Waals surface area contributed by atoms with Crippen molar-refractivity contribution in [1.29, 1.82) is 0 Å². The third kappa shape index (κ3) is 4.12. The van der Waals surface area contributed by atoms with Crippen LogP contribution in [0.2, 0.25) is 0 Å². The Labute approximate surface area is 151 Å². The monoisotopic (exact) mass is 358 g/mol. The average molecular weight is 358 g/mol. The van der Waals surface area contributed by atoms with Gasteiger partial charge in [0, 0.05) is 24.7 Å². The summed E-state index contributed by atoms with van der Waals surface area (Å²) in [6, 6.07) is 7.72. The van der Waals surface area contributed by atoms with E-state index in [-0.39, 0.29) is 28.8 Å². The first-order valence-corrected chi connectivity index (χ1v) is 8.82. The van der Waals surface area contributed by atoms with E-state index in [2.05, 4.69) is 4.98 Å². The molecule has 1 aromatic carbocycles. The molecule has 138 valence electrons. The van der Waals surface area contributed by atoms with Gasteiger partial charge in [0.25, 0.3) is 11.5 Å². The fourth-order valence-corrected chi connectivity index (χ4v) is 3.41. The van der Waals surface area contributed by atoms with Crippen molar-refractivity contribution in [2.24, 2.45) is 5.92 Å². The number of ether oxygens (including phenoxy) is 1. The summed E-state index contributed by atoms with van der Waals surface area (Å²) < 4.78 is 18.7. The average Bonchev–Trinajstić information content (AvgIpc) is 2.60. The topological polar surface area (TPSA) is 62.4 Å². The predicted molar refractivity (Wildman–Crippen MR) is 97.1 cm³/mol. The Morgan fingerprint density at radius 2 is 2.04 bits per heavy atom. The van der Waals surface area contributed by atoms with Crippen LogP contribution < -0.4 is 10.3 Å². The number of nitrogens with zero attached hydrogens (tertiary/aromatic N) is 1. The fourth-order valence-electron chi connectivity index (χ4n) is 3.41. The van der Waals surface area contributed by atoms with Crippen LogP contribution in [0.4, 0.5) is 4.39 Å². The number of aromatic amines is 1. The highest BCUT2D eigenvalue weighted by Gasteiger charge is 2.27. The van der Waals surface area contributed by atoms with Crippen LogP contribution in [-0.2, 0) is 0 Å². The maximum Gasteiger partial charge on any atom is 0.261 e. The normalized spacial score (nSPS) is 17.2. The molecule has 2 aromatic rings. The van der Waals surface area contributed by atoms with Gasteiger partial charge >= 0.3 is 0 Å². The highest BCUT2D eigenvalue weighted by atomic mass is 19.1. The summed E-state index contributed by atoms with van der Waals surface area (Å²) >= 11 is 0. The largest absolute Gasteiger partial charge is 0.493 e. The molecule has 1 fully saturated rings. The van der Waals surface area contributed by atoms with Crippen molar-refractivity contribution < 1.29 is 13.9 Å². The van der Waals surface area contributed by atoms with Crippen LogP contribution in [0.3, 0.4) is 0 Å². The zero-order valence-corrected chi connectivity index (χ0v) is 15.0. The van der Waals surface area contributed by atoms with E-state index < -0.39 is 0 Å². The lowest BCUT2D eigenvalue weighted by atomic mass is 9.97. The Balaban J connectivity index is 1.65. The van der Waals surface area contributed by atoms with E-state index >= 15 is 0 Å². The molecule has 5 nitrogen and oxygen atoms in total. The Bertz CT molecular complexity index is 845. The van der Waals surface area contributed by atoms with Crippen molar-refractivity contribution in [2.75, 3.05) is 19.7 Å². The minimum absolute atomic E-state index is 0.183. The molecule has 1 saturated heterocycles. The minimum atomic E-state index is -0.336. The number of pyridine rings is 1. The standard InChI is InChI=1S/C20H23FN2O3/c1-13-10-14(2)22-19(24)18(13)20(25)23-9-3-4-15(11-23)12-26-17-7-5-16(21)6-8-17/h5-8,10,15H,3-4,9,11-12H2,1-2H3,(H,22,24). The first-order valence-electron chi connectivity index (χ1n) is 8.82. The number of aromatic nitrogens is 1. The van der Waals surface area contributed by atoms with E-state index in [9.17, 15) is 14.0 Å². The number of H-pyrrole nitrogens is 1. The number of piperidine rings is 1. The summed E-state index contributed by atoms with van der Waals surface area (Å²) in [5, 5.41) is 0. The molecule has 1 atom stereocenters. The molecule has 1 aliphatic rings. The second-order valence-corrected chi connectivity index (χ2v) is 6.86. The zero-order valence-electron chi connectivity index (χ0n) is 15.0. The first-order chi connectivity index (χ1) is 12.4. The van der Waals surface area contributed by atoms with Gasteiger partial charge in [-0.3, -0.25) is 9.59 Å². The first kappa shape index (κ1) is 18.2. The summed E-state index contributed by atoms with van der Waals surface area (Å²) in [6.45, 7) is 5.23. The lowest BCUT2D eigenvalue weighted by molar-refractivity contribution is 0.0631. The van der Waals surface area contributed by atoms with E-state index in [0.717, 1.165) is 18.5 Å². The maximum absolute atomic E-state index is 12.9. The molecule has 6 heteroatoms. The van der Waals surface area contributed by atoms with Crippen molar-refractivity contribution in [3.8, 4) is 5.75 Å². The lowest BCUT2D eigenvalue weighted by Gasteiger charge is -2.32. The van der Waals surface area contributed by atoms with Crippen LogP contribution in [-0.4, -0.2) is 35.5 Å². The predicted octanol–water partition coefficient (Wildman–Crippen LogP) is 3.06. The Kier molecular flexibility index (Phi) is 5.40. The smallest absolute Gasteiger partial charge is 0.261 e. The van der Waals surface area contributed by atoms with Gasteiger partial charge in [0.05, 0.1) is 6.61 Å². The molecule has 0 saturated carbocycles. The number of hydrogen-bond acceptors (Lipinski definition) is 3.